The number of alkyl halides is 3. The Morgan fingerprint density at radius 2 is 1.90 bits per heavy atom. The first-order valence-electron chi connectivity index (χ1n) is 9.97. The van der Waals surface area contributed by atoms with Crippen LogP contribution in [-0.4, -0.2) is 17.7 Å². The summed E-state index contributed by atoms with van der Waals surface area (Å²) in [7, 11) is 0. The van der Waals surface area contributed by atoms with E-state index in [2.05, 4.69) is 10.6 Å². The lowest BCUT2D eigenvalue weighted by atomic mass is 9.96. The Morgan fingerprint density at radius 1 is 1.19 bits per heavy atom. The van der Waals surface area contributed by atoms with Gasteiger partial charge >= 0.3 is 12.1 Å². The molecule has 0 saturated heterocycles. The van der Waals surface area contributed by atoms with E-state index in [0.29, 0.717) is 10.6 Å². The zero-order valence-corrected chi connectivity index (χ0v) is 19.2. The van der Waals surface area contributed by atoms with Crippen LogP contribution >= 0.6 is 35.2 Å². The van der Waals surface area contributed by atoms with Crippen molar-refractivity contribution in [3.63, 3.8) is 0 Å². The van der Waals surface area contributed by atoms with Gasteiger partial charge in [-0.05, 0) is 68.6 Å². The van der Waals surface area contributed by atoms with Crippen molar-refractivity contribution in [1.29, 1.82) is 0 Å². The van der Waals surface area contributed by atoms with Gasteiger partial charge in [-0.25, -0.2) is 4.79 Å². The number of nitrogens with one attached hydrogen (secondary N) is 2. The van der Waals surface area contributed by atoms with Crippen molar-refractivity contribution < 1.29 is 22.7 Å². The van der Waals surface area contributed by atoms with E-state index in [1.807, 2.05) is 0 Å². The predicted octanol–water partition coefficient (Wildman–Crippen LogP) is 7.06. The standard InChI is InChI=1S/C21H22ClF3N2O2S2/c1-2-29-19(28)17-13-7-5-3-4-6-8-16(13)31-18(17)27-20(30)26-15-10-9-12(22)11-14(15)21(23,24)25/h9-11H,2-8H2,1H3,(H2,26,27,30). The molecule has 1 aliphatic rings. The third-order valence-corrected chi connectivity index (χ3v) is 6.56. The Labute approximate surface area is 193 Å². The van der Waals surface area contributed by atoms with Crippen LogP contribution in [0, 0.1) is 0 Å². The lowest BCUT2D eigenvalue weighted by Crippen LogP contribution is -2.22. The zero-order valence-electron chi connectivity index (χ0n) is 16.8. The van der Waals surface area contributed by atoms with E-state index in [1.165, 1.54) is 23.5 Å². The van der Waals surface area contributed by atoms with Gasteiger partial charge in [0.1, 0.15) is 5.00 Å². The van der Waals surface area contributed by atoms with Crippen LogP contribution in [0.1, 0.15) is 59.0 Å². The minimum atomic E-state index is -4.60. The second-order valence-corrected chi connectivity index (χ2v) is 9.06. The molecule has 1 heterocycles. The van der Waals surface area contributed by atoms with Gasteiger partial charge in [-0.3, -0.25) is 0 Å². The van der Waals surface area contributed by atoms with E-state index in [1.54, 1.807) is 6.92 Å². The summed E-state index contributed by atoms with van der Waals surface area (Å²) in [6.45, 7) is 1.96. The quantitative estimate of drug-likeness (QED) is 0.354. The SMILES string of the molecule is CCOC(=O)c1c(NC(=S)Nc2ccc(Cl)cc2C(F)(F)F)sc2c1CCCCCC2. The summed E-state index contributed by atoms with van der Waals surface area (Å²) in [6.07, 6.45) is 1.23. The molecule has 0 spiro atoms. The van der Waals surface area contributed by atoms with Gasteiger partial charge < -0.3 is 15.4 Å². The van der Waals surface area contributed by atoms with E-state index in [-0.39, 0.29) is 22.4 Å². The second kappa shape index (κ2) is 10.2. The number of esters is 1. The van der Waals surface area contributed by atoms with Crippen LogP contribution in [0.4, 0.5) is 23.9 Å². The number of rotatable bonds is 4. The van der Waals surface area contributed by atoms with Crippen LogP contribution in [-0.2, 0) is 23.8 Å². The molecule has 1 aromatic heterocycles. The molecule has 10 heteroatoms. The van der Waals surface area contributed by atoms with Crippen molar-refractivity contribution in [2.45, 2.75) is 51.6 Å². The number of carbonyl (C=O) groups excluding carboxylic acids is 1. The molecule has 2 aromatic rings. The third kappa shape index (κ3) is 5.90. The van der Waals surface area contributed by atoms with Gasteiger partial charge in [-0.1, -0.05) is 24.4 Å². The highest BCUT2D eigenvalue weighted by Crippen LogP contribution is 2.39. The monoisotopic (exact) mass is 490 g/mol. The molecule has 1 aliphatic carbocycles. The van der Waals surface area contributed by atoms with Gasteiger partial charge in [0.2, 0.25) is 0 Å². The number of halogens is 4. The van der Waals surface area contributed by atoms with E-state index in [9.17, 15) is 18.0 Å². The van der Waals surface area contributed by atoms with E-state index in [0.717, 1.165) is 55.0 Å². The molecular weight excluding hydrogens is 469 g/mol. The number of fused-ring (bicyclic) bond motifs is 1. The fraction of sp³-hybridized carbons (Fsp3) is 0.429. The highest BCUT2D eigenvalue weighted by atomic mass is 35.5. The molecular formula is C21H22ClF3N2O2S2. The molecule has 31 heavy (non-hydrogen) atoms. The summed E-state index contributed by atoms with van der Waals surface area (Å²) in [5.74, 6) is -0.451. The number of carbonyl (C=O) groups is 1. The lowest BCUT2D eigenvalue weighted by Gasteiger charge is -2.16. The van der Waals surface area contributed by atoms with Gasteiger partial charge in [0.15, 0.2) is 5.11 Å². The van der Waals surface area contributed by atoms with Crippen molar-refractivity contribution in [2.75, 3.05) is 17.2 Å². The summed E-state index contributed by atoms with van der Waals surface area (Å²) >= 11 is 12.4. The van der Waals surface area contributed by atoms with Gasteiger partial charge in [0.05, 0.1) is 23.4 Å². The largest absolute Gasteiger partial charge is 0.462 e. The zero-order chi connectivity index (χ0) is 22.6. The van der Waals surface area contributed by atoms with Crippen molar-refractivity contribution in [3.05, 3.63) is 44.8 Å². The average molecular weight is 491 g/mol. The summed E-state index contributed by atoms with van der Waals surface area (Å²) in [5.41, 5.74) is 0.242. The molecule has 0 amide bonds. The molecule has 0 radical (unpaired) electrons. The smallest absolute Gasteiger partial charge is 0.418 e. The van der Waals surface area contributed by atoms with Gasteiger partial charge in [0.25, 0.3) is 0 Å². The van der Waals surface area contributed by atoms with Gasteiger partial charge in [-0.2, -0.15) is 13.2 Å². The maximum atomic E-state index is 13.4. The molecule has 4 nitrogen and oxygen atoms in total. The topological polar surface area (TPSA) is 50.4 Å². The lowest BCUT2D eigenvalue weighted by molar-refractivity contribution is -0.136. The van der Waals surface area contributed by atoms with Crippen LogP contribution in [0.5, 0.6) is 0 Å². The number of aryl methyl sites for hydroxylation is 1. The number of anilines is 2. The van der Waals surface area contributed by atoms with Crippen LogP contribution < -0.4 is 10.6 Å². The number of ether oxygens (including phenoxy) is 1. The minimum Gasteiger partial charge on any atom is -0.462 e. The predicted molar refractivity (Wildman–Crippen MR) is 122 cm³/mol. The van der Waals surface area contributed by atoms with E-state index < -0.39 is 17.7 Å². The van der Waals surface area contributed by atoms with Crippen LogP contribution in [0.25, 0.3) is 0 Å². The minimum absolute atomic E-state index is 0.0283. The first-order chi connectivity index (χ1) is 14.7. The number of benzene rings is 1. The fourth-order valence-electron chi connectivity index (χ4n) is 3.54. The molecule has 1 aromatic carbocycles. The Morgan fingerprint density at radius 3 is 2.58 bits per heavy atom. The van der Waals surface area contributed by atoms with Gasteiger partial charge in [0, 0.05) is 9.90 Å². The fourth-order valence-corrected chi connectivity index (χ4v) is 5.27. The number of thiocarbonyl (C=S) groups is 1. The molecule has 0 aliphatic heterocycles. The summed E-state index contributed by atoms with van der Waals surface area (Å²) in [5, 5.41) is 5.93. The Hall–Kier alpha value is -1.84. The first-order valence-corrected chi connectivity index (χ1v) is 11.6. The normalized spacial score (nSPS) is 14.2. The molecule has 0 saturated carbocycles. The second-order valence-electron chi connectivity index (χ2n) is 7.11. The summed E-state index contributed by atoms with van der Waals surface area (Å²) in [6, 6.07) is 3.41. The van der Waals surface area contributed by atoms with Crippen LogP contribution in [0.2, 0.25) is 5.02 Å². The summed E-state index contributed by atoms with van der Waals surface area (Å²) in [4.78, 5) is 13.8. The molecule has 3 rings (SSSR count). The molecule has 0 atom stereocenters. The Balaban J connectivity index is 1.89. The maximum Gasteiger partial charge on any atom is 0.418 e. The van der Waals surface area contributed by atoms with Crippen LogP contribution in [0.15, 0.2) is 18.2 Å². The first kappa shape index (κ1) is 23.8. The molecule has 0 unspecified atom stereocenters. The average Bonchev–Trinajstić information content (AvgIpc) is 2.98. The molecule has 0 fully saturated rings. The summed E-state index contributed by atoms with van der Waals surface area (Å²) < 4.78 is 45.4. The highest BCUT2D eigenvalue weighted by molar-refractivity contribution is 7.80. The maximum absolute atomic E-state index is 13.4. The van der Waals surface area contributed by atoms with Crippen molar-refractivity contribution >= 4 is 56.9 Å². The molecule has 2 N–H and O–H groups in total. The highest BCUT2D eigenvalue weighted by Gasteiger charge is 2.34. The molecule has 0 bridgehead atoms. The third-order valence-electron chi connectivity index (χ3n) is 4.91. The Bertz CT molecular complexity index is 976. The Kier molecular flexibility index (Phi) is 7.82. The van der Waals surface area contributed by atoms with Crippen molar-refractivity contribution in [1.82, 2.24) is 0 Å². The van der Waals surface area contributed by atoms with E-state index >= 15 is 0 Å². The number of thiophene rings is 1. The van der Waals surface area contributed by atoms with Crippen LogP contribution in [0.3, 0.4) is 0 Å². The van der Waals surface area contributed by atoms with Crippen molar-refractivity contribution in [3.8, 4) is 0 Å². The van der Waals surface area contributed by atoms with Gasteiger partial charge in [-0.15, -0.1) is 11.3 Å². The number of hydrogen-bond acceptors (Lipinski definition) is 4. The van der Waals surface area contributed by atoms with E-state index in [4.69, 9.17) is 28.6 Å². The number of hydrogen-bond donors (Lipinski definition) is 2. The molecule has 168 valence electrons. The van der Waals surface area contributed by atoms with Crippen molar-refractivity contribution in [2.24, 2.45) is 0 Å².